The minimum atomic E-state index is -2.54. The number of hydrogen-bond acceptors (Lipinski definition) is 3. The Morgan fingerprint density at radius 1 is 0.778 bits per heavy atom. The highest BCUT2D eigenvalue weighted by Crippen LogP contribution is 2.37. The SMILES string of the molecule is CC(C)(C)[Si](OCc1ccc(N=O)cc1)(c1ccccc1)c1ccccc1. The molecule has 0 aromatic heterocycles. The van der Waals surface area contributed by atoms with Crippen LogP contribution in [0.3, 0.4) is 0 Å². The number of nitrogens with zero attached hydrogens (tertiary/aromatic N) is 1. The van der Waals surface area contributed by atoms with Gasteiger partial charge in [0.25, 0.3) is 8.32 Å². The molecule has 0 aliphatic carbocycles. The zero-order valence-electron chi connectivity index (χ0n) is 16.1. The molecule has 3 aromatic rings. The molecule has 0 unspecified atom stereocenters. The van der Waals surface area contributed by atoms with E-state index in [9.17, 15) is 4.91 Å². The topological polar surface area (TPSA) is 38.7 Å². The first-order chi connectivity index (χ1) is 13.0. The molecule has 0 saturated heterocycles. The fraction of sp³-hybridized carbons (Fsp3) is 0.217. The summed E-state index contributed by atoms with van der Waals surface area (Å²) >= 11 is 0. The van der Waals surface area contributed by atoms with Crippen molar-refractivity contribution in [1.29, 1.82) is 0 Å². The third kappa shape index (κ3) is 3.92. The Hall–Kier alpha value is -2.56. The molecule has 0 aliphatic heterocycles. The van der Waals surface area contributed by atoms with Crippen LogP contribution >= 0.6 is 0 Å². The molecule has 0 radical (unpaired) electrons. The molecule has 4 heteroatoms. The average molecular weight is 376 g/mol. The van der Waals surface area contributed by atoms with E-state index in [2.05, 4.69) is 74.5 Å². The van der Waals surface area contributed by atoms with Crippen molar-refractivity contribution in [2.45, 2.75) is 32.4 Å². The average Bonchev–Trinajstić information content (AvgIpc) is 2.69. The largest absolute Gasteiger partial charge is 0.403 e. The van der Waals surface area contributed by atoms with E-state index in [1.54, 1.807) is 12.1 Å². The van der Waals surface area contributed by atoms with Crippen molar-refractivity contribution in [3.63, 3.8) is 0 Å². The molecule has 0 aliphatic rings. The van der Waals surface area contributed by atoms with Crippen molar-refractivity contribution in [1.82, 2.24) is 0 Å². The van der Waals surface area contributed by atoms with Crippen molar-refractivity contribution in [2.75, 3.05) is 0 Å². The van der Waals surface area contributed by atoms with E-state index in [1.165, 1.54) is 10.4 Å². The second kappa shape index (κ2) is 7.99. The fourth-order valence-corrected chi connectivity index (χ4v) is 8.14. The third-order valence-corrected chi connectivity index (χ3v) is 9.90. The van der Waals surface area contributed by atoms with Crippen molar-refractivity contribution < 1.29 is 4.43 Å². The van der Waals surface area contributed by atoms with Gasteiger partial charge < -0.3 is 4.43 Å². The second-order valence-corrected chi connectivity index (χ2v) is 12.0. The molecule has 0 spiro atoms. The Kier molecular flexibility index (Phi) is 5.68. The first-order valence-electron chi connectivity index (χ1n) is 9.15. The summed E-state index contributed by atoms with van der Waals surface area (Å²) in [5.74, 6) is 0. The predicted octanol–water partition coefficient (Wildman–Crippen LogP) is 5.16. The van der Waals surface area contributed by atoms with Gasteiger partial charge in [0.1, 0.15) is 5.69 Å². The van der Waals surface area contributed by atoms with Crippen LogP contribution in [0.25, 0.3) is 0 Å². The van der Waals surface area contributed by atoms with Crippen LogP contribution in [0.2, 0.25) is 5.04 Å². The van der Waals surface area contributed by atoms with E-state index in [1.807, 2.05) is 24.3 Å². The van der Waals surface area contributed by atoms with Gasteiger partial charge in [-0.05, 0) is 38.3 Å². The number of rotatable bonds is 6. The minimum Gasteiger partial charge on any atom is -0.403 e. The first kappa shape index (κ1) is 19.2. The van der Waals surface area contributed by atoms with Gasteiger partial charge in [-0.1, -0.05) is 93.6 Å². The van der Waals surface area contributed by atoms with E-state index in [0.29, 0.717) is 12.3 Å². The summed E-state index contributed by atoms with van der Waals surface area (Å²) in [6, 6.07) is 28.4. The highest BCUT2D eigenvalue weighted by Gasteiger charge is 2.50. The zero-order valence-corrected chi connectivity index (χ0v) is 17.1. The molecule has 0 saturated carbocycles. The maximum absolute atomic E-state index is 10.7. The smallest absolute Gasteiger partial charge is 0.261 e. The Bertz CT molecular complexity index is 832. The van der Waals surface area contributed by atoms with Crippen LogP contribution in [0, 0.1) is 4.91 Å². The summed E-state index contributed by atoms with van der Waals surface area (Å²) < 4.78 is 6.86. The van der Waals surface area contributed by atoms with E-state index in [-0.39, 0.29) is 5.04 Å². The van der Waals surface area contributed by atoms with Crippen molar-refractivity contribution in [3.8, 4) is 0 Å². The van der Waals surface area contributed by atoms with Crippen molar-refractivity contribution >= 4 is 24.4 Å². The zero-order chi connectivity index (χ0) is 19.3. The summed E-state index contributed by atoms with van der Waals surface area (Å²) in [7, 11) is -2.54. The Balaban J connectivity index is 2.07. The molecule has 3 aromatic carbocycles. The summed E-state index contributed by atoms with van der Waals surface area (Å²) in [4.78, 5) is 10.7. The normalized spacial score (nSPS) is 12.0. The molecule has 0 amide bonds. The molecule has 0 N–H and O–H groups in total. The summed E-state index contributed by atoms with van der Waals surface area (Å²) in [6.45, 7) is 7.28. The van der Waals surface area contributed by atoms with Crippen LogP contribution in [-0.2, 0) is 11.0 Å². The Morgan fingerprint density at radius 3 is 1.67 bits per heavy atom. The molecule has 138 valence electrons. The van der Waals surface area contributed by atoms with E-state index >= 15 is 0 Å². The second-order valence-electron chi connectivity index (χ2n) is 7.71. The summed E-state index contributed by atoms with van der Waals surface area (Å²) in [5.41, 5.74) is 1.47. The highest BCUT2D eigenvalue weighted by molar-refractivity contribution is 6.99. The molecule has 0 fully saturated rings. The standard InChI is InChI=1S/C23H25NO2Si/c1-23(2,3)27(21-10-6-4-7-11-21,22-12-8-5-9-13-22)26-18-19-14-16-20(24-25)17-15-19/h4-17H,18H2,1-3H3. The van der Waals surface area contributed by atoms with Crippen LogP contribution in [-0.4, -0.2) is 8.32 Å². The predicted molar refractivity (Wildman–Crippen MR) is 114 cm³/mol. The van der Waals surface area contributed by atoms with Gasteiger partial charge in [0, 0.05) is 0 Å². The lowest BCUT2D eigenvalue weighted by atomic mass is 10.2. The van der Waals surface area contributed by atoms with Gasteiger partial charge in [0.15, 0.2) is 0 Å². The molecule has 3 nitrogen and oxygen atoms in total. The lowest BCUT2D eigenvalue weighted by molar-refractivity contribution is 0.286. The number of benzene rings is 3. The number of nitroso groups, excluding NO2 is 1. The van der Waals surface area contributed by atoms with Gasteiger partial charge in [-0.2, -0.15) is 0 Å². The summed E-state index contributed by atoms with van der Waals surface area (Å²) in [5, 5.41) is 5.44. The Morgan fingerprint density at radius 2 is 1.26 bits per heavy atom. The molecule has 3 rings (SSSR count). The van der Waals surface area contributed by atoms with Gasteiger partial charge in [0.2, 0.25) is 0 Å². The molecule has 27 heavy (non-hydrogen) atoms. The van der Waals surface area contributed by atoms with Gasteiger partial charge >= 0.3 is 0 Å². The maximum Gasteiger partial charge on any atom is 0.261 e. The van der Waals surface area contributed by atoms with Crippen LogP contribution in [0.15, 0.2) is 90.1 Å². The quantitative estimate of drug-likeness (QED) is 0.441. The van der Waals surface area contributed by atoms with Crippen LogP contribution in [0.4, 0.5) is 5.69 Å². The van der Waals surface area contributed by atoms with Gasteiger partial charge in [0.05, 0.1) is 6.61 Å². The molecule has 0 bridgehead atoms. The number of hydrogen-bond donors (Lipinski definition) is 0. The molecule has 0 heterocycles. The van der Waals surface area contributed by atoms with Gasteiger partial charge in [-0.15, -0.1) is 4.91 Å². The Labute approximate surface area is 162 Å². The van der Waals surface area contributed by atoms with Crippen LogP contribution in [0.1, 0.15) is 26.3 Å². The van der Waals surface area contributed by atoms with Crippen molar-refractivity contribution in [2.24, 2.45) is 5.18 Å². The third-order valence-electron chi connectivity index (χ3n) is 4.91. The highest BCUT2D eigenvalue weighted by atomic mass is 28.4. The molecule has 0 atom stereocenters. The van der Waals surface area contributed by atoms with Gasteiger partial charge in [-0.3, -0.25) is 0 Å². The lowest BCUT2D eigenvalue weighted by Crippen LogP contribution is -2.66. The van der Waals surface area contributed by atoms with E-state index in [4.69, 9.17) is 4.43 Å². The van der Waals surface area contributed by atoms with Crippen LogP contribution < -0.4 is 10.4 Å². The van der Waals surface area contributed by atoms with Crippen LogP contribution in [0.5, 0.6) is 0 Å². The molecular weight excluding hydrogens is 350 g/mol. The van der Waals surface area contributed by atoms with Gasteiger partial charge in [-0.25, -0.2) is 0 Å². The monoisotopic (exact) mass is 375 g/mol. The fourth-order valence-electron chi connectivity index (χ4n) is 3.61. The first-order valence-corrected chi connectivity index (χ1v) is 11.1. The van der Waals surface area contributed by atoms with E-state index in [0.717, 1.165) is 5.56 Å². The molecular formula is C23H25NO2Si. The minimum absolute atomic E-state index is 0.0556. The lowest BCUT2D eigenvalue weighted by Gasteiger charge is -2.43. The summed E-state index contributed by atoms with van der Waals surface area (Å²) in [6.07, 6.45) is 0. The maximum atomic E-state index is 10.7. The van der Waals surface area contributed by atoms with E-state index < -0.39 is 8.32 Å². The van der Waals surface area contributed by atoms with Crippen molar-refractivity contribution in [3.05, 3.63) is 95.4 Å².